The first kappa shape index (κ1) is 16.2. The van der Waals surface area contributed by atoms with Crippen LogP contribution in [0, 0.1) is 0 Å². The lowest BCUT2D eigenvalue weighted by Crippen LogP contribution is -2.54. The second kappa shape index (κ2) is 7.17. The molecular formula is C13H27N3O3S. The van der Waals surface area contributed by atoms with Crippen molar-refractivity contribution in [3.05, 3.63) is 0 Å². The quantitative estimate of drug-likeness (QED) is 0.774. The molecule has 118 valence electrons. The van der Waals surface area contributed by atoms with Gasteiger partial charge in [-0.2, -0.15) is 17.4 Å². The van der Waals surface area contributed by atoms with E-state index in [9.17, 15) is 8.42 Å². The minimum absolute atomic E-state index is 0.000845. The smallest absolute Gasteiger partial charge is 0.279 e. The van der Waals surface area contributed by atoms with Crippen LogP contribution in [0.15, 0.2) is 0 Å². The van der Waals surface area contributed by atoms with Gasteiger partial charge in [-0.15, -0.1) is 0 Å². The van der Waals surface area contributed by atoms with Crippen molar-refractivity contribution in [3.8, 4) is 0 Å². The molecule has 2 N–H and O–H groups in total. The molecular weight excluding hydrogens is 278 g/mol. The average Bonchev–Trinajstić information content (AvgIpc) is 2.39. The summed E-state index contributed by atoms with van der Waals surface area (Å²) in [5.74, 6) is 0. The molecule has 3 atom stereocenters. The zero-order valence-electron chi connectivity index (χ0n) is 12.5. The molecule has 0 aromatic rings. The van der Waals surface area contributed by atoms with Gasteiger partial charge in [0.2, 0.25) is 0 Å². The molecule has 0 saturated carbocycles. The van der Waals surface area contributed by atoms with Gasteiger partial charge in [0.1, 0.15) is 0 Å². The van der Waals surface area contributed by atoms with Crippen molar-refractivity contribution in [3.63, 3.8) is 0 Å². The number of hydrogen-bond donors (Lipinski definition) is 2. The zero-order valence-corrected chi connectivity index (χ0v) is 13.3. The van der Waals surface area contributed by atoms with Gasteiger partial charge in [0.05, 0.1) is 6.10 Å². The van der Waals surface area contributed by atoms with Crippen molar-refractivity contribution in [2.45, 2.75) is 57.2 Å². The highest BCUT2D eigenvalue weighted by molar-refractivity contribution is 7.87. The van der Waals surface area contributed by atoms with Gasteiger partial charge in [-0.3, -0.25) is 0 Å². The molecule has 3 unspecified atom stereocenters. The third-order valence-electron chi connectivity index (χ3n) is 4.12. The van der Waals surface area contributed by atoms with E-state index in [1.807, 2.05) is 14.0 Å². The topological polar surface area (TPSA) is 70.7 Å². The summed E-state index contributed by atoms with van der Waals surface area (Å²) < 4.78 is 35.2. The summed E-state index contributed by atoms with van der Waals surface area (Å²) in [6, 6.07) is 0.0735. The Hall–Kier alpha value is -0.210. The van der Waals surface area contributed by atoms with Crippen LogP contribution in [0.4, 0.5) is 0 Å². The number of piperidine rings is 1. The number of nitrogens with zero attached hydrogens (tertiary/aromatic N) is 1. The monoisotopic (exact) mass is 305 g/mol. The maximum absolute atomic E-state index is 12.6. The Labute approximate surface area is 122 Å². The fourth-order valence-corrected chi connectivity index (χ4v) is 4.83. The van der Waals surface area contributed by atoms with Crippen molar-refractivity contribution in [2.24, 2.45) is 0 Å². The van der Waals surface area contributed by atoms with Gasteiger partial charge in [-0.25, -0.2) is 0 Å². The van der Waals surface area contributed by atoms with E-state index in [1.165, 1.54) is 0 Å². The molecule has 0 aromatic heterocycles. The van der Waals surface area contributed by atoms with Gasteiger partial charge < -0.3 is 10.1 Å². The molecule has 6 nitrogen and oxygen atoms in total. The van der Waals surface area contributed by atoms with E-state index >= 15 is 0 Å². The predicted molar refractivity (Wildman–Crippen MR) is 78.8 cm³/mol. The molecule has 0 amide bonds. The lowest BCUT2D eigenvalue weighted by Gasteiger charge is -2.36. The van der Waals surface area contributed by atoms with E-state index in [0.29, 0.717) is 19.7 Å². The number of ether oxygens (including phenoxy) is 1. The summed E-state index contributed by atoms with van der Waals surface area (Å²) in [6.07, 6.45) is 4.63. The van der Waals surface area contributed by atoms with E-state index in [2.05, 4.69) is 10.0 Å². The first-order valence-electron chi connectivity index (χ1n) is 7.58. The van der Waals surface area contributed by atoms with Gasteiger partial charge in [0.25, 0.3) is 10.2 Å². The normalized spacial score (nSPS) is 33.2. The van der Waals surface area contributed by atoms with Gasteiger partial charge >= 0.3 is 0 Å². The van der Waals surface area contributed by atoms with E-state index in [4.69, 9.17) is 4.74 Å². The highest BCUT2D eigenvalue weighted by Gasteiger charge is 2.34. The number of nitrogens with one attached hydrogen (secondary N) is 2. The van der Waals surface area contributed by atoms with E-state index in [0.717, 1.165) is 32.1 Å². The van der Waals surface area contributed by atoms with Gasteiger partial charge in [-0.05, 0) is 39.7 Å². The summed E-state index contributed by atoms with van der Waals surface area (Å²) in [5.41, 5.74) is 0. The van der Waals surface area contributed by atoms with Crippen LogP contribution in [0.25, 0.3) is 0 Å². The molecule has 20 heavy (non-hydrogen) atoms. The standard InChI is InChI=1S/C13H27N3O3S/c1-11-9-12(6-8-19-11)15-20(17,18)16-7-4-3-5-13(16)10-14-2/h11-15H,3-10H2,1-2H3. The fraction of sp³-hybridized carbons (Fsp3) is 1.00. The Kier molecular flexibility index (Phi) is 5.80. The van der Waals surface area contributed by atoms with Crippen LogP contribution in [0.5, 0.6) is 0 Å². The number of likely N-dealkylation sites (N-methyl/N-ethyl adjacent to an activating group) is 1. The molecule has 2 aliphatic rings. The Morgan fingerprint density at radius 2 is 2.10 bits per heavy atom. The van der Waals surface area contributed by atoms with Crippen molar-refractivity contribution >= 4 is 10.2 Å². The molecule has 2 saturated heterocycles. The van der Waals surface area contributed by atoms with E-state index in [1.54, 1.807) is 4.31 Å². The van der Waals surface area contributed by atoms with Gasteiger partial charge in [-0.1, -0.05) is 6.42 Å². The van der Waals surface area contributed by atoms with Gasteiger partial charge in [0.15, 0.2) is 0 Å². The highest BCUT2D eigenvalue weighted by Crippen LogP contribution is 2.21. The minimum atomic E-state index is -3.39. The minimum Gasteiger partial charge on any atom is -0.378 e. The van der Waals surface area contributed by atoms with Crippen molar-refractivity contribution in [1.82, 2.24) is 14.3 Å². The maximum Gasteiger partial charge on any atom is 0.279 e. The molecule has 2 heterocycles. The Morgan fingerprint density at radius 3 is 2.80 bits per heavy atom. The van der Waals surface area contributed by atoms with Crippen LogP contribution in [-0.4, -0.2) is 57.7 Å². The summed E-state index contributed by atoms with van der Waals surface area (Å²) in [7, 11) is -1.52. The van der Waals surface area contributed by atoms with Crippen molar-refractivity contribution in [1.29, 1.82) is 0 Å². The average molecular weight is 305 g/mol. The first-order chi connectivity index (χ1) is 9.53. The molecule has 0 spiro atoms. The van der Waals surface area contributed by atoms with Crippen LogP contribution in [0.2, 0.25) is 0 Å². The van der Waals surface area contributed by atoms with E-state index < -0.39 is 10.2 Å². The van der Waals surface area contributed by atoms with Gasteiger partial charge in [0, 0.05) is 31.8 Å². The second-order valence-electron chi connectivity index (χ2n) is 5.84. The molecule has 0 radical (unpaired) electrons. The lowest BCUT2D eigenvalue weighted by molar-refractivity contribution is 0.0169. The van der Waals surface area contributed by atoms with Crippen molar-refractivity contribution in [2.75, 3.05) is 26.7 Å². The SMILES string of the molecule is CNCC1CCCCN1S(=O)(=O)NC1CCOC(C)C1. The van der Waals surface area contributed by atoms with Crippen LogP contribution >= 0.6 is 0 Å². The Bertz CT molecular complexity index is 400. The van der Waals surface area contributed by atoms with Crippen LogP contribution < -0.4 is 10.0 Å². The summed E-state index contributed by atoms with van der Waals surface area (Å²) in [4.78, 5) is 0. The second-order valence-corrected chi connectivity index (χ2v) is 7.50. The molecule has 2 aliphatic heterocycles. The molecule has 7 heteroatoms. The van der Waals surface area contributed by atoms with Crippen LogP contribution in [-0.2, 0) is 14.9 Å². The molecule has 0 aliphatic carbocycles. The molecule has 2 fully saturated rings. The summed E-state index contributed by atoms with van der Waals surface area (Å²) in [6.45, 7) is 3.96. The van der Waals surface area contributed by atoms with Crippen LogP contribution in [0.1, 0.15) is 39.0 Å². The summed E-state index contributed by atoms with van der Waals surface area (Å²) in [5, 5.41) is 3.10. The van der Waals surface area contributed by atoms with Crippen LogP contribution in [0.3, 0.4) is 0 Å². The first-order valence-corrected chi connectivity index (χ1v) is 9.02. The molecule has 0 bridgehead atoms. The summed E-state index contributed by atoms with van der Waals surface area (Å²) >= 11 is 0. The Morgan fingerprint density at radius 1 is 1.30 bits per heavy atom. The Balaban J connectivity index is 2.00. The molecule has 2 rings (SSSR count). The maximum atomic E-state index is 12.6. The highest BCUT2D eigenvalue weighted by atomic mass is 32.2. The lowest BCUT2D eigenvalue weighted by atomic mass is 10.1. The third-order valence-corrected chi connectivity index (χ3v) is 5.85. The molecule has 0 aromatic carbocycles. The zero-order chi connectivity index (χ0) is 14.6. The number of rotatable bonds is 5. The van der Waals surface area contributed by atoms with Crippen molar-refractivity contribution < 1.29 is 13.2 Å². The number of hydrogen-bond acceptors (Lipinski definition) is 4. The van der Waals surface area contributed by atoms with E-state index in [-0.39, 0.29) is 18.2 Å². The third kappa shape index (κ3) is 4.14. The predicted octanol–water partition coefficient (Wildman–Crippen LogP) is 0.462. The largest absolute Gasteiger partial charge is 0.378 e. The fourth-order valence-electron chi connectivity index (χ4n) is 3.11.